The summed E-state index contributed by atoms with van der Waals surface area (Å²) in [5.74, 6) is 1.81. The van der Waals surface area contributed by atoms with Crippen LogP contribution in [0.3, 0.4) is 0 Å². The molecular weight excluding hydrogens is 338 g/mol. The molecule has 0 saturated heterocycles. The summed E-state index contributed by atoms with van der Waals surface area (Å²) in [5.41, 5.74) is 2.05. The fraction of sp³-hybridized carbons (Fsp3) is 0.421. The van der Waals surface area contributed by atoms with Crippen LogP contribution < -0.4 is 14.2 Å². The van der Waals surface area contributed by atoms with E-state index in [1.54, 1.807) is 32.7 Å². The van der Waals surface area contributed by atoms with Gasteiger partial charge in [-0.3, -0.25) is 4.79 Å². The molecule has 0 bridgehead atoms. The van der Waals surface area contributed by atoms with Gasteiger partial charge >= 0.3 is 0 Å². The highest BCUT2D eigenvalue weighted by atomic mass is 32.1. The van der Waals surface area contributed by atoms with Crippen molar-refractivity contribution >= 4 is 17.2 Å². The van der Waals surface area contributed by atoms with Crippen LogP contribution in [0.4, 0.5) is 0 Å². The van der Waals surface area contributed by atoms with Crippen LogP contribution in [-0.4, -0.2) is 38.2 Å². The summed E-state index contributed by atoms with van der Waals surface area (Å²) >= 11 is 1.66. The van der Waals surface area contributed by atoms with Crippen LogP contribution in [0.15, 0.2) is 29.0 Å². The highest BCUT2D eigenvalue weighted by molar-refractivity contribution is 7.07. The van der Waals surface area contributed by atoms with Crippen molar-refractivity contribution in [2.75, 3.05) is 21.3 Å². The lowest BCUT2D eigenvalue weighted by Gasteiger charge is -2.22. The molecule has 1 aromatic carbocycles. The average Bonchev–Trinajstić information content (AvgIpc) is 3.34. The quantitative estimate of drug-likeness (QED) is 0.722. The van der Waals surface area contributed by atoms with E-state index in [1.165, 1.54) is 5.56 Å². The van der Waals surface area contributed by atoms with Crippen molar-refractivity contribution in [1.29, 1.82) is 0 Å². The SMILES string of the molecule is COc1cc(CC(=O)N(Cc2ccsc2)C2CC2)cc(OC)c1OC. The minimum absolute atomic E-state index is 0.128. The van der Waals surface area contributed by atoms with Gasteiger partial charge in [-0.2, -0.15) is 11.3 Å². The molecule has 0 N–H and O–H groups in total. The molecule has 3 rings (SSSR count). The van der Waals surface area contributed by atoms with Crippen molar-refractivity contribution in [2.24, 2.45) is 0 Å². The van der Waals surface area contributed by atoms with Crippen molar-refractivity contribution in [3.8, 4) is 17.2 Å². The van der Waals surface area contributed by atoms with Crippen LogP contribution in [0, 0.1) is 0 Å². The van der Waals surface area contributed by atoms with Crippen LogP contribution in [0.2, 0.25) is 0 Å². The molecule has 1 amide bonds. The Bertz CT molecular complexity index is 700. The summed E-state index contributed by atoms with van der Waals surface area (Å²) in [7, 11) is 4.73. The number of benzene rings is 1. The smallest absolute Gasteiger partial charge is 0.227 e. The van der Waals surface area contributed by atoms with Gasteiger partial charge in [0.05, 0.1) is 27.8 Å². The summed E-state index contributed by atoms with van der Waals surface area (Å²) in [4.78, 5) is 14.9. The number of methoxy groups -OCH3 is 3. The van der Waals surface area contributed by atoms with Gasteiger partial charge in [-0.25, -0.2) is 0 Å². The van der Waals surface area contributed by atoms with E-state index >= 15 is 0 Å². The van der Waals surface area contributed by atoms with E-state index in [0.29, 0.717) is 36.3 Å². The predicted molar refractivity (Wildman–Crippen MR) is 97.7 cm³/mol. The highest BCUT2D eigenvalue weighted by Gasteiger charge is 2.32. The Hall–Kier alpha value is -2.21. The molecule has 1 aliphatic carbocycles. The van der Waals surface area contributed by atoms with Gasteiger partial charge in [-0.05, 0) is 52.9 Å². The van der Waals surface area contributed by atoms with E-state index < -0.39 is 0 Å². The normalized spacial score (nSPS) is 13.4. The first-order valence-corrected chi connectivity index (χ1v) is 9.20. The number of carbonyl (C=O) groups excluding carboxylic acids is 1. The van der Waals surface area contributed by atoms with Crippen molar-refractivity contribution < 1.29 is 19.0 Å². The van der Waals surface area contributed by atoms with Gasteiger partial charge in [-0.15, -0.1) is 0 Å². The number of thiophene rings is 1. The number of hydrogen-bond acceptors (Lipinski definition) is 5. The lowest BCUT2D eigenvalue weighted by molar-refractivity contribution is -0.131. The third-order valence-electron chi connectivity index (χ3n) is 4.32. The molecule has 0 spiro atoms. The standard InChI is InChI=1S/C19H23NO4S/c1-22-16-8-14(9-17(23-2)19(16)24-3)10-18(21)20(15-4-5-15)11-13-6-7-25-12-13/h6-9,12,15H,4-5,10-11H2,1-3H3. The van der Waals surface area contributed by atoms with Crippen molar-refractivity contribution in [3.05, 3.63) is 40.1 Å². The second-order valence-corrected chi connectivity index (χ2v) is 6.87. The first-order valence-electron chi connectivity index (χ1n) is 8.25. The molecule has 1 fully saturated rings. The van der Waals surface area contributed by atoms with Crippen LogP contribution in [0.1, 0.15) is 24.0 Å². The third-order valence-corrected chi connectivity index (χ3v) is 5.05. The molecule has 2 aromatic rings. The summed E-state index contributed by atoms with van der Waals surface area (Å²) in [5, 5.41) is 4.15. The van der Waals surface area contributed by atoms with Crippen molar-refractivity contribution in [3.63, 3.8) is 0 Å². The zero-order valence-corrected chi connectivity index (χ0v) is 15.6. The molecule has 134 valence electrons. The van der Waals surface area contributed by atoms with E-state index in [2.05, 4.69) is 11.4 Å². The van der Waals surface area contributed by atoms with Crippen LogP contribution >= 0.6 is 11.3 Å². The molecule has 1 heterocycles. The van der Waals surface area contributed by atoms with Crippen LogP contribution in [0.25, 0.3) is 0 Å². The average molecular weight is 361 g/mol. The highest BCUT2D eigenvalue weighted by Crippen LogP contribution is 2.38. The molecule has 6 heteroatoms. The summed E-state index contributed by atoms with van der Waals surface area (Å²) < 4.78 is 16.1. The largest absolute Gasteiger partial charge is 0.493 e. The van der Waals surface area contributed by atoms with Crippen LogP contribution in [0.5, 0.6) is 17.2 Å². The van der Waals surface area contributed by atoms with Gasteiger partial charge in [0.25, 0.3) is 0 Å². The first-order chi connectivity index (χ1) is 12.2. The number of hydrogen-bond donors (Lipinski definition) is 0. The molecule has 0 atom stereocenters. The zero-order chi connectivity index (χ0) is 17.8. The first kappa shape index (κ1) is 17.6. The topological polar surface area (TPSA) is 48.0 Å². The maximum absolute atomic E-state index is 12.9. The second kappa shape index (κ2) is 7.78. The summed E-state index contributed by atoms with van der Waals surface area (Å²) in [6, 6.07) is 6.13. The Balaban J connectivity index is 1.79. The Morgan fingerprint density at radius 2 is 1.80 bits per heavy atom. The van der Waals surface area contributed by atoms with E-state index in [-0.39, 0.29) is 5.91 Å². The molecule has 0 radical (unpaired) electrons. The number of nitrogens with zero attached hydrogens (tertiary/aromatic N) is 1. The van der Waals surface area contributed by atoms with Gasteiger partial charge in [0.1, 0.15) is 0 Å². The number of carbonyl (C=O) groups is 1. The monoisotopic (exact) mass is 361 g/mol. The number of rotatable bonds is 8. The summed E-state index contributed by atoms with van der Waals surface area (Å²) in [6.45, 7) is 0.678. The van der Waals surface area contributed by atoms with Gasteiger partial charge in [0.2, 0.25) is 11.7 Å². The lowest BCUT2D eigenvalue weighted by atomic mass is 10.1. The third kappa shape index (κ3) is 4.07. The second-order valence-electron chi connectivity index (χ2n) is 6.09. The Kier molecular flexibility index (Phi) is 5.48. The van der Waals surface area contributed by atoms with E-state index in [9.17, 15) is 4.79 Å². The van der Waals surface area contributed by atoms with Gasteiger partial charge in [-0.1, -0.05) is 0 Å². The number of amides is 1. The molecule has 1 aromatic heterocycles. The van der Waals surface area contributed by atoms with E-state index in [1.807, 2.05) is 22.4 Å². The van der Waals surface area contributed by atoms with E-state index in [4.69, 9.17) is 14.2 Å². The Morgan fingerprint density at radius 3 is 2.28 bits per heavy atom. The van der Waals surface area contributed by atoms with Gasteiger partial charge in [0, 0.05) is 12.6 Å². The Labute approximate surface area is 152 Å². The van der Waals surface area contributed by atoms with Gasteiger partial charge < -0.3 is 19.1 Å². The minimum atomic E-state index is 0.128. The van der Waals surface area contributed by atoms with Gasteiger partial charge in [0.15, 0.2) is 11.5 Å². The van der Waals surface area contributed by atoms with Crippen molar-refractivity contribution in [1.82, 2.24) is 4.90 Å². The molecule has 0 unspecified atom stereocenters. The number of ether oxygens (including phenoxy) is 3. The molecular formula is C19H23NO4S. The predicted octanol–water partition coefficient (Wildman–Crippen LogP) is 3.51. The minimum Gasteiger partial charge on any atom is -0.493 e. The molecule has 1 aliphatic rings. The molecule has 0 aliphatic heterocycles. The zero-order valence-electron chi connectivity index (χ0n) is 14.8. The Morgan fingerprint density at radius 1 is 1.12 bits per heavy atom. The fourth-order valence-electron chi connectivity index (χ4n) is 2.90. The van der Waals surface area contributed by atoms with Crippen molar-refractivity contribution in [2.45, 2.75) is 31.8 Å². The fourth-order valence-corrected chi connectivity index (χ4v) is 3.56. The molecule has 5 nitrogen and oxygen atoms in total. The maximum atomic E-state index is 12.9. The van der Waals surface area contributed by atoms with Crippen LogP contribution in [-0.2, 0) is 17.8 Å². The summed E-state index contributed by atoms with van der Waals surface area (Å²) in [6.07, 6.45) is 2.49. The van der Waals surface area contributed by atoms with E-state index in [0.717, 1.165) is 18.4 Å². The lowest BCUT2D eigenvalue weighted by Crippen LogP contribution is -2.33. The molecule has 1 saturated carbocycles. The molecule has 25 heavy (non-hydrogen) atoms. The maximum Gasteiger partial charge on any atom is 0.227 e.